The van der Waals surface area contributed by atoms with Gasteiger partial charge in [-0.3, -0.25) is 0 Å². The first-order valence-corrected chi connectivity index (χ1v) is 5.95. The van der Waals surface area contributed by atoms with Gasteiger partial charge in [0.15, 0.2) is 0 Å². The molecule has 1 aromatic rings. The van der Waals surface area contributed by atoms with Gasteiger partial charge in [-0.25, -0.2) is 4.98 Å². The summed E-state index contributed by atoms with van der Waals surface area (Å²) >= 11 is 1.76. The first kappa shape index (κ1) is 8.83. The Morgan fingerprint density at radius 1 is 1.43 bits per heavy atom. The highest BCUT2D eigenvalue weighted by molar-refractivity contribution is 7.11. The minimum atomic E-state index is -0.0952. The van der Waals surface area contributed by atoms with E-state index in [0.717, 1.165) is 37.5 Å². The maximum Gasteiger partial charge on any atom is 0.113 e. The van der Waals surface area contributed by atoms with E-state index in [9.17, 15) is 0 Å². The summed E-state index contributed by atoms with van der Waals surface area (Å²) in [4.78, 5) is 5.95. The summed E-state index contributed by atoms with van der Waals surface area (Å²) in [5.41, 5.74) is 7.38. The average Bonchev–Trinajstić information content (AvgIpc) is 2.57. The molecule has 1 fully saturated rings. The Hall–Kier alpha value is -0.450. The third-order valence-corrected chi connectivity index (χ3v) is 4.46. The van der Waals surface area contributed by atoms with Crippen LogP contribution >= 0.6 is 11.3 Å². The second-order valence-corrected chi connectivity index (χ2v) is 5.28. The summed E-state index contributed by atoms with van der Waals surface area (Å²) in [6, 6.07) is 0. The molecule has 1 aliphatic heterocycles. The van der Waals surface area contributed by atoms with Crippen LogP contribution in [0.25, 0.3) is 0 Å². The lowest BCUT2D eigenvalue weighted by molar-refractivity contribution is 0.112. The maximum atomic E-state index is 6.24. The molecule has 2 aliphatic rings. The largest absolute Gasteiger partial charge is 0.375 e. The van der Waals surface area contributed by atoms with Gasteiger partial charge in [-0.05, 0) is 19.3 Å². The monoisotopic (exact) mass is 210 g/mol. The number of nitrogens with zero attached hydrogens (tertiary/aromatic N) is 1. The fourth-order valence-electron chi connectivity index (χ4n) is 2.01. The standard InChI is InChI=1S/C10H14N2OS/c11-10(3-1-4-10)9-12-7-2-5-13-6-8(7)14-9/h1-6,11H2. The van der Waals surface area contributed by atoms with Crippen LogP contribution in [0.4, 0.5) is 0 Å². The molecule has 0 radical (unpaired) electrons. The predicted octanol–water partition coefficient (Wildman–Crippen LogP) is 1.55. The topological polar surface area (TPSA) is 48.1 Å². The number of ether oxygens (including phenoxy) is 1. The van der Waals surface area contributed by atoms with Crippen LogP contribution < -0.4 is 5.73 Å². The Kier molecular flexibility index (Phi) is 1.90. The number of hydrogen-bond donors (Lipinski definition) is 1. The number of nitrogens with two attached hydrogens (primary N) is 1. The molecule has 0 unspecified atom stereocenters. The molecule has 2 heterocycles. The molecule has 14 heavy (non-hydrogen) atoms. The molecule has 1 aromatic heterocycles. The van der Waals surface area contributed by atoms with Crippen molar-refractivity contribution < 1.29 is 4.74 Å². The third kappa shape index (κ3) is 1.21. The molecule has 76 valence electrons. The number of hydrogen-bond acceptors (Lipinski definition) is 4. The summed E-state index contributed by atoms with van der Waals surface area (Å²) in [5.74, 6) is 0. The van der Waals surface area contributed by atoms with E-state index >= 15 is 0 Å². The highest BCUT2D eigenvalue weighted by Gasteiger charge is 2.38. The van der Waals surface area contributed by atoms with E-state index < -0.39 is 0 Å². The van der Waals surface area contributed by atoms with Crippen molar-refractivity contribution in [3.63, 3.8) is 0 Å². The SMILES string of the molecule is NC1(c2nc3c(s2)COCC3)CCC1. The summed E-state index contributed by atoms with van der Waals surface area (Å²) in [7, 11) is 0. The lowest BCUT2D eigenvalue weighted by Gasteiger charge is -2.35. The van der Waals surface area contributed by atoms with Crippen LogP contribution in [0.15, 0.2) is 0 Å². The smallest absolute Gasteiger partial charge is 0.113 e. The van der Waals surface area contributed by atoms with Gasteiger partial charge in [-0.2, -0.15) is 0 Å². The Morgan fingerprint density at radius 2 is 2.29 bits per heavy atom. The summed E-state index contributed by atoms with van der Waals surface area (Å²) in [6.45, 7) is 1.55. The van der Waals surface area contributed by atoms with Crippen molar-refractivity contribution in [3.8, 4) is 0 Å². The first-order chi connectivity index (χ1) is 6.78. The third-order valence-electron chi connectivity index (χ3n) is 3.17. The molecule has 0 saturated heterocycles. The number of thiazole rings is 1. The van der Waals surface area contributed by atoms with Crippen molar-refractivity contribution in [2.45, 2.75) is 37.8 Å². The normalized spacial score (nSPS) is 24.1. The molecular weight excluding hydrogens is 196 g/mol. The van der Waals surface area contributed by atoms with E-state index in [1.54, 1.807) is 11.3 Å². The Bertz CT molecular complexity index is 334. The van der Waals surface area contributed by atoms with Crippen LogP contribution in [-0.2, 0) is 23.3 Å². The van der Waals surface area contributed by atoms with Crippen molar-refractivity contribution in [1.29, 1.82) is 0 Å². The molecule has 0 atom stereocenters. The van der Waals surface area contributed by atoms with E-state index in [1.807, 2.05) is 0 Å². The zero-order chi connectivity index (χ0) is 9.60. The highest BCUT2D eigenvalue weighted by atomic mass is 32.1. The molecule has 3 nitrogen and oxygen atoms in total. The van der Waals surface area contributed by atoms with E-state index in [2.05, 4.69) is 4.98 Å². The molecule has 3 rings (SSSR count). The van der Waals surface area contributed by atoms with E-state index in [1.165, 1.54) is 17.0 Å². The van der Waals surface area contributed by atoms with Gasteiger partial charge in [0.05, 0.1) is 29.3 Å². The van der Waals surface area contributed by atoms with Crippen molar-refractivity contribution in [2.24, 2.45) is 5.73 Å². The van der Waals surface area contributed by atoms with Crippen LogP contribution in [0.5, 0.6) is 0 Å². The minimum absolute atomic E-state index is 0.0952. The van der Waals surface area contributed by atoms with Crippen LogP contribution in [-0.4, -0.2) is 11.6 Å². The first-order valence-electron chi connectivity index (χ1n) is 5.14. The average molecular weight is 210 g/mol. The van der Waals surface area contributed by atoms with Crippen molar-refractivity contribution >= 4 is 11.3 Å². The molecular formula is C10H14N2OS. The Balaban J connectivity index is 1.95. The Morgan fingerprint density at radius 3 is 2.93 bits per heavy atom. The van der Waals surface area contributed by atoms with Gasteiger partial charge in [0.1, 0.15) is 5.01 Å². The summed E-state index contributed by atoms with van der Waals surface area (Å²) < 4.78 is 5.40. The van der Waals surface area contributed by atoms with Crippen molar-refractivity contribution in [2.75, 3.05) is 6.61 Å². The van der Waals surface area contributed by atoms with Gasteiger partial charge in [0.2, 0.25) is 0 Å². The summed E-state index contributed by atoms with van der Waals surface area (Å²) in [5, 5.41) is 1.14. The number of aromatic nitrogens is 1. The molecule has 0 bridgehead atoms. The van der Waals surface area contributed by atoms with Crippen LogP contribution in [0, 0.1) is 0 Å². The van der Waals surface area contributed by atoms with Gasteiger partial charge < -0.3 is 10.5 Å². The fourth-order valence-corrected chi connectivity index (χ4v) is 3.21. The van der Waals surface area contributed by atoms with Crippen LogP contribution in [0.1, 0.15) is 34.8 Å². The zero-order valence-corrected chi connectivity index (χ0v) is 8.90. The van der Waals surface area contributed by atoms with Crippen LogP contribution in [0.3, 0.4) is 0 Å². The lowest BCUT2D eigenvalue weighted by Crippen LogP contribution is -2.43. The minimum Gasteiger partial charge on any atom is -0.375 e. The molecule has 1 saturated carbocycles. The predicted molar refractivity (Wildman–Crippen MR) is 55.2 cm³/mol. The number of fused-ring (bicyclic) bond motifs is 1. The van der Waals surface area contributed by atoms with Crippen molar-refractivity contribution in [1.82, 2.24) is 4.98 Å². The summed E-state index contributed by atoms with van der Waals surface area (Å²) in [6.07, 6.45) is 4.40. The van der Waals surface area contributed by atoms with E-state index in [4.69, 9.17) is 10.5 Å². The van der Waals surface area contributed by atoms with Gasteiger partial charge >= 0.3 is 0 Å². The second-order valence-electron chi connectivity index (χ2n) is 4.20. The highest BCUT2D eigenvalue weighted by Crippen LogP contribution is 2.41. The molecule has 0 aromatic carbocycles. The van der Waals surface area contributed by atoms with E-state index in [0.29, 0.717) is 0 Å². The molecule has 4 heteroatoms. The molecule has 0 amide bonds. The number of rotatable bonds is 1. The zero-order valence-electron chi connectivity index (χ0n) is 8.08. The molecule has 1 aliphatic carbocycles. The fraction of sp³-hybridized carbons (Fsp3) is 0.700. The maximum absolute atomic E-state index is 6.24. The lowest BCUT2D eigenvalue weighted by atomic mass is 9.78. The van der Waals surface area contributed by atoms with E-state index in [-0.39, 0.29) is 5.54 Å². The van der Waals surface area contributed by atoms with Gasteiger partial charge in [0, 0.05) is 6.42 Å². The quantitative estimate of drug-likeness (QED) is 0.765. The Labute approximate surface area is 87.3 Å². The second kappa shape index (κ2) is 3.02. The molecule has 0 spiro atoms. The van der Waals surface area contributed by atoms with Gasteiger partial charge in [-0.15, -0.1) is 11.3 Å². The van der Waals surface area contributed by atoms with Gasteiger partial charge in [0.25, 0.3) is 0 Å². The van der Waals surface area contributed by atoms with Crippen molar-refractivity contribution in [3.05, 3.63) is 15.6 Å². The molecule has 2 N–H and O–H groups in total. The van der Waals surface area contributed by atoms with Crippen LogP contribution in [0.2, 0.25) is 0 Å². The van der Waals surface area contributed by atoms with Gasteiger partial charge in [-0.1, -0.05) is 0 Å².